The van der Waals surface area contributed by atoms with Gasteiger partial charge in [0.1, 0.15) is 0 Å². The molecule has 6 rings (SSSR count). The van der Waals surface area contributed by atoms with E-state index in [0.29, 0.717) is 5.46 Å². The Morgan fingerprint density at radius 1 is 0.484 bits per heavy atom. The van der Waals surface area contributed by atoms with Gasteiger partial charge in [-0.2, -0.15) is 0 Å². The molecule has 6 aromatic carbocycles. The van der Waals surface area contributed by atoms with Crippen molar-refractivity contribution in [2.75, 3.05) is 0 Å². The monoisotopic (exact) mass is 398 g/mol. The summed E-state index contributed by atoms with van der Waals surface area (Å²) in [4.78, 5) is 0. The van der Waals surface area contributed by atoms with Crippen LogP contribution in [0.3, 0.4) is 0 Å². The molecule has 0 bridgehead atoms. The Kier molecular flexibility index (Phi) is 4.07. The molecule has 0 amide bonds. The van der Waals surface area contributed by atoms with Crippen molar-refractivity contribution in [2.24, 2.45) is 0 Å². The predicted molar refractivity (Wildman–Crippen MR) is 131 cm³/mol. The molecule has 2 N–H and O–H groups in total. The first-order valence-corrected chi connectivity index (χ1v) is 10.4. The van der Waals surface area contributed by atoms with Crippen molar-refractivity contribution in [1.29, 1.82) is 0 Å². The topological polar surface area (TPSA) is 40.5 Å². The molecule has 3 heteroatoms. The van der Waals surface area contributed by atoms with Gasteiger partial charge in [-0.25, -0.2) is 0 Å². The van der Waals surface area contributed by atoms with Crippen LogP contribution in [-0.4, -0.2) is 17.2 Å². The molecule has 146 valence electrons. The lowest BCUT2D eigenvalue weighted by Gasteiger charge is -2.15. The highest BCUT2D eigenvalue weighted by Crippen LogP contribution is 2.39. The predicted octanol–water partition coefficient (Wildman–Crippen LogP) is 5.60. The highest BCUT2D eigenvalue weighted by Gasteiger charge is 2.13. The van der Waals surface area contributed by atoms with Crippen LogP contribution in [0.2, 0.25) is 0 Å². The smallest absolute Gasteiger partial charge is 0.423 e. The molecule has 0 atom stereocenters. The third kappa shape index (κ3) is 2.90. The summed E-state index contributed by atoms with van der Waals surface area (Å²) in [6.07, 6.45) is 0. The van der Waals surface area contributed by atoms with E-state index in [1.54, 1.807) is 12.1 Å². The summed E-state index contributed by atoms with van der Waals surface area (Å²) in [5.41, 5.74) is 5.02. The van der Waals surface area contributed by atoms with Gasteiger partial charge in [0.05, 0.1) is 0 Å². The summed E-state index contributed by atoms with van der Waals surface area (Å²) in [5, 5.41) is 26.4. The van der Waals surface area contributed by atoms with Gasteiger partial charge in [-0.3, -0.25) is 0 Å². The summed E-state index contributed by atoms with van der Waals surface area (Å²) in [6.45, 7) is 0. The Balaban J connectivity index is 1.55. The zero-order valence-electron chi connectivity index (χ0n) is 16.8. The third-order valence-corrected chi connectivity index (χ3v) is 6.24. The Bertz CT molecular complexity index is 1540. The van der Waals surface area contributed by atoms with Crippen LogP contribution in [-0.2, 0) is 0 Å². The number of hydrogen-bond donors (Lipinski definition) is 2. The van der Waals surface area contributed by atoms with Gasteiger partial charge in [-0.05, 0) is 66.1 Å². The molecule has 0 radical (unpaired) electrons. The lowest BCUT2D eigenvalue weighted by molar-refractivity contribution is 0.426. The number of rotatable bonds is 3. The average Bonchev–Trinajstić information content (AvgIpc) is 2.82. The zero-order chi connectivity index (χ0) is 20.9. The van der Waals surface area contributed by atoms with Gasteiger partial charge in [0.2, 0.25) is 0 Å². The molecular formula is C28H19BO2. The summed E-state index contributed by atoms with van der Waals surface area (Å²) in [5.74, 6) is 0. The van der Waals surface area contributed by atoms with Gasteiger partial charge in [-0.1, -0.05) is 97.1 Å². The molecule has 2 nitrogen and oxygen atoms in total. The van der Waals surface area contributed by atoms with Crippen molar-refractivity contribution < 1.29 is 10.0 Å². The van der Waals surface area contributed by atoms with Crippen molar-refractivity contribution in [1.82, 2.24) is 0 Å². The van der Waals surface area contributed by atoms with Crippen LogP contribution in [0.5, 0.6) is 0 Å². The maximum atomic E-state index is 9.35. The minimum Gasteiger partial charge on any atom is -0.423 e. The van der Waals surface area contributed by atoms with Gasteiger partial charge in [0, 0.05) is 0 Å². The van der Waals surface area contributed by atoms with Gasteiger partial charge >= 0.3 is 7.12 Å². The zero-order valence-corrected chi connectivity index (χ0v) is 16.8. The van der Waals surface area contributed by atoms with Crippen LogP contribution in [0.4, 0.5) is 0 Å². The normalized spacial score (nSPS) is 11.5. The van der Waals surface area contributed by atoms with Crippen molar-refractivity contribution >= 4 is 44.9 Å². The fourth-order valence-electron chi connectivity index (χ4n) is 4.70. The van der Waals surface area contributed by atoms with E-state index in [-0.39, 0.29) is 0 Å². The summed E-state index contributed by atoms with van der Waals surface area (Å²) < 4.78 is 0. The highest BCUT2D eigenvalue weighted by molar-refractivity contribution is 6.58. The summed E-state index contributed by atoms with van der Waals surface area (Å²) >= 11 is 0. The lowest BCUT2D eigenvalue weighted by atomic mass is 9.80. The molecule has 0 aliphatic carbocycles. The standard InChI is InChI=1S/C28H19BO2/c30-29(31)24-13-9-18(10-14-24)22-5-2-6-23(17-22)25-15-11-21-8-7-19-3-1-4-20-12-16-26(25)28(21)27(19)20/h1-17,30-31H. The van der Waals surface area contributed by atoms with Gasteiger partial charge < -0.3 is 10.0 Å². The fourth-order valence-corrected chi connectivity index (χ4v) is 4.70. The van der Waals surface area contributed by atoms with E-state index in [1.807, 2.05) is 12.1 Å². The molecule has 6 aromatic rings. The van der Waals surface area contributed by atoms with Crippen LogP contribution in [0.15, 0.2) is 103 Å². The van der Waals surface area contributed by atoms with E-state index in [9.17, 15) is 10.0 Å². The average molecular weight is 398 g/mol. The maximum absolute atomic E-state index is 9.35. The Morgan fingerprint density at radius 2 is 1.10 bits per heavy atom. The molecule has 0 heterocycles. The van der Waals surface area contributed by atoms with Crippen LogP contribution < -0.4 is 5.46 Å². The number of benzene rings is 6. The van der Waals surface area contributed by atoms with Crippen molar-refractivity contribution in [3.63, 3.8) is 0 Å². The maximum Gasteiger partial charge on any atom is 0.488 e. The van der Waals surface area contributed by atoms with Crippen LogP contribution in [0.25, 0.3) is 54.6 Å². The minimum absolute atomic E-state index is 0.492. The minimum atomic E-state index is -1.45. The third-order valence-electron chi connectivity index (χ3n) is 6.24. The molecule has 0 saturated heterocycles. The first kappa shape index (κ1) is 18.1. The van der Waals surface area contributed by atoms with Crippen LogP contribution in [0.1, 0.15) is 0 Å². The Labute approximate surface area is 180 Å². The molecule has 0 unspecified atom stereocenters. The number of hydrogen-bond acceptors (Lipinski definition) is 2. The largest absolute Gasteiger partial charge is 0.488 e. The van der Waals surface area contributed by atoms with E-state index >= 15 is 0 Å². The Hall–Kier alpha value is -3.66. The van der Waals surface area contributed by atoms with Gasteiger partial charge in [0.25, 0.3) is 0 Å². The summed E-state index contributed by atoms with van der Waals surface area (Å²) in [6, 6.07) is 35.7. The van der Waals surface area contributed by atoms with Crippen LogP contribution in [0, 0.1) is 0 Å². The molecular weight excluding hydrogens is 379 g/mol. The second-order valence-corrected chi connectivity index (χ2v) is 8.05. The van der Waals surface area contributed by atoms with E-state index in [2.05, 4.69) is 78.9 Å². The molecule has 0 fully saturated rings. The second kappa shape index (κ2) is 6.95. The van der Waals surface area contributed by atoms with Crippen LogP contribution >= 0.6 is 0 Å². The van der Waals surface area contributed by atoms with Gasteiger partial charge in [0.15, 0.2) is 0 Å². The lowest BCUT2D eigenvalue weighted by Crippen LogP contribution is -2.29. The highest BCUT2D eigenvalue weighted by atomic mass is 16.4. The molecule has 0 aromatic heterocycles. The molecule has 0 aliphatic rings. The first-order valence-electron chi connectivity index (χ1n) is 10.4. The SMILES string of the molecule is OB(O)c1ccc(-c2cccc(-c3ccc4ccc5cccc6ccc3c4c56)c2)cc1. The molecule has 0 saturated carbocycles. The molecule has 0 spiro atoms. The summed E-state index contributed by atoms with van der Waals surface area (Å²) in [7, 11) is -1.45. The van der Waals surface area contributed by atoms with E-state index < -0.39 is 7.12 Å². The van der Waals surface area contributed by atoms with E-state index in [4.69, 9.17) is 0 Å². The molecule has 0 aliphatic heterocycles. The Morgan fingerprint density at radius 3 is 1.84 bits per heavy atom. The molecule has 31 heavy (non-hydrogen) atoms. The van der Waals surface area contributed by atoms with Gasteiger partial charge in [-0.15, -0.1) is 0 Å². The van der Waals surface area contributed by atoms with E-state index in [1.165, 1.54) is 43.4 Å². The second-order valence-electron chi connectivity index (χ2n) is 8.05. The van der Waals surface area contributed by atoms with Crippen molar-refractivity contribution in [2.45, 2.75) is 0 Å². The van der Waals surface area contributed by atoms with Crippen molar-refractivity contribution in [3.05, 3.63) is 103 Å². The van der Waals surface area contributed by atoms with Crippen molar-refractivity contribution in [3.8, 4) is 22.3 Å². The first-order chi connectivity index (χ1) is 15.2. The quantitative estimate of drug-likeness (QED) is 0.301. The fraction of sp³-hybridized carbons (Fsp3) is 0. The van der Waals surface area contributed by atoms with E-state index in [0.717, 1.165) is 11.1 Å².